The largest absolute Gasteiger partial charge is 0.312 e. The molecule has 20 heavy (non-hydrogen) atoms. The number of likely N-dealkylation sites (N-methyl/N-ethyl adjacent to an activating group) is 1. The first-order valence-corrected chi connectivity index (χ1v) is 7.88. The third-order valence-corrected chi connectivity index (χ3v) is 4.59. The van der Waals surface area contributed by atoms with Crippen LogP contribution in [0, 0.1) is 11.7 Å². The highest BCUT2D eigenvalue weighted by atomic mass is 19.1. The molecule has 1 saturated heterocycles. The Morgan fingerprint density at radius 3 is 2.80 bits per heavy atom. The van der Waals surface area contributed by atoms with Crippen molar-refractivity contribution >= 4 is 0 Å². The molecule has 0 saturated carbocycles. The van der Waals surface area contributed by atoms with Crippen LogP contribution in [0.15, 0.2) is 24.3 Å². The summed E-state index contributed by atoms with van der Waals surface area (Å²) < 4.78 is 13.9. The maximum absolute atomic E-state index is 13.9. The van der Waals surface area contributed by atoms with E-state index in [-0.39, 0.29) is 11.9 Å². The highest BCUT2D eigenvalue weighted by molar-refractivity contribution is 5.21. The number of hydrogen-bond acceptors (Lipinski definition) is 2. The molecule has 3 heteroatoms. The molecule has 1 aliphatic heterocycles. The molecule has 0 aromatic heterocycles. The first kappa shape index (κ1) is 15.5. The second-order valence-corrected chi connectivity index (χ2v) is 5.87. The minimum absolute atomic E-state index is 0.0781. The lowest BCUT2D eigenvalue weighted by atomic mass is 9.98. The first-order chi connectivity index (χ1) is 9.74. The summed E-state index contributed by atoms with van der Waals surface area (Å²) in [6.07, 6.45) is 5.18. The van der Waals surface area contributed by atoms with Gasteiger partial charge in [-0.2, -0.15) is 0 Å². The van der Waals surface area contributed by atoms with E-state index in [1.54, 1.807) is 12.1 Å². The van der Waals surface area contributed by atoms with Gasteiger partial charge in [0.25, 0.3) is 0 Å². The van der Waals surface area contributed by atoms with E-state index in [1.165, 1.54) is 25.7 Å². The van der Waals surface area contributed by atoms with E-state index in [9.17, 15) is 4.39 Å². The van der Waals surface area contributed by atoms with E-state index < -0.39 is 0 Å². The first-order valence-electron chi connectivity index (χ1n) is 7.88. The van der Waals surface area contributed by atoms with E-state index in [0.29, 0.717) is 0 Å². The van der Waals surface area contributed by atoms with Gasteiger partial charge < -0.3 is 10.2 Å². The lowest BCUT2D eigenvalue weighted by Gasteiger charge is -2.26. The topological polar surface area (TPSA) is 15.3 Å². The highest BCUT2D eigenvalue weighted by Crippen LogP contribution is 2.23. The van der Waals surface area contributed by atoms with Crippen molar-refractivity contribution in [1.82, 2.24) is 10.2 Å². The molecule has 1 fully saturated rings. The van der Waals surface area contributed by atoms with Gasteiger partial charge in [-0.25, -0.2) is 4.39 Å². The molecule has 0 radical (unpaired) electrons. The number of likely N-dealkylation sites (tertiary alicyclic amines) is 1. The molecule has 0 amide bonds. The van der Waals surface area contributed by atoms with Crippen LogP contribution in [-0.2, 0) is 0 Å². The Labute approximate surface area is 122 Å². The van der Waals surface area contributed by atoms with Crippen LogP contribution in [0.3, 0.4) is 0 Å². The normalized spacial score (nSPS) is 22.4. The average molecular weight is 278 g/mol. The molecule has 0 aliphatic carbocycles. The van der Waals surface area contributed by atoms with Crippen molar-refractivity contribution in [3.63, 3.8) is 0 Å². The monoisotopic (exact) mass is 278 g/mol. The zero-order valence-corrected chi connectivity index (χ0v) is 12.7. The summed E-state index contributed by atoms with van der Waals surface area (Å²) >= 11 is 0. The van der Waals surface area contributed by atoms with Gasteiger partial charge in [0, 0.05) is 18.2 Å². The number of hydrogen-bond donors (Lipinski definition) is 1. The van der Waals surface area contributed by atoms with Crippen molar-refractivity contribution in [1.29, 1.82) is 0 Å². The standard InChI is InChI=1S/C17H27FN2/c1-3-14-7-6-11-20(12-10-14)13-17(19-2)15-8-4-5-9-16(15)18/h4-5,8-9,14,17,19H,3,6-7,10-13H2,1-2H3. The Morgan fingerprint density at radius 1 is 1.30 bits per heavy atom. The van der Waals surface area contributed by atoms with Crippen LogP contribution < -0.4 is 5.32 Å². The van der Waals surface area contributed by atoms with Crippen LogP contribution in [0.5, 0.6) is 0 Å². The smallest absolute Gasteiger partial charge is 0.128 e. The quantitative estimate of drug-likeness (QED) is 0.885. The zero-order chi connectivity index (χ0) is 14.4. The van der Waals surface area contributed by atoms with E-state index in [1.807, 2.05) is 19.2 Å². The van der Waals surface area contributed by atoms with E-state index in [0.717, 1.165) is 31.1 Å². The molecule has 1 aromatic carbocycles. The SMILES string of the molecule is CCC1CCCN(CC(NC)c2ccccc2F)CC1. The van der Waals surface area contributed by atoms with Gasteiger partial charge in [-0.1, -0.05) is 31.5 Å². The molecule has 2 nitrogen and oxygen atoms in total. The van der Waals surface area contributed by atoms with Crippen molar-refractivity contribution < 1.29 is 4.39 Å². The summed E-state index contributed by atoms with van der Waals surface area (Å²) in [5.41, 5.74) is 0.784. The molecule has 0 spiro atoms. The van der Waals surface area contributed by atoms with Crippen molar-refractivity contribution in [2.45, 2.75) is 38.6 Å². The second kappa shape index (κ2) is 7.75. The number of benzene rings is 1. The van der Waals surface area contributed by atoms with Crippen molar-refractivity contribution in [2.24, 2.45) is 5.92 Å². The molecule has 1 aliphatic rings. The van der Waals surface area contributed by atoms with Gasteiger partial charge in [0.1, 0.15) is 5.82 Å². The molecule has 0 bridgehead atoms. The molecular formula is C17H27FN2. The van der Waals surface area contributed by atoms with E-state index in [4.69, 9.17) is 0 Å². The summed E-state index contributed by atoms with van der Waals surface area (Å²) in [6, 6.07) is 7.19. The van der Waals surface area contributed by atoms with Crippen LogP contribution in [-0.4, -0.2) is 31.6 Å². The van der Waals surface area contributed by atoms with Crippen molar-refractivity contribution in [3.05, 3.63) is 35.6 Å². The summed E-state index contributed by atoms with van der Waals surface area (Å²) in [6.45, 7) is 5.47. The van der Waals surface area contributed by atoms with Gasteiger partial charge in [0.15, 0.2) is 0 Å². The van der Waals surface area contributed by atoms with Crippen LogP contribution in [0.4, 0.5) is 4.39 Å². The minimum atomic E-state index is -0.104. The predicted octanol–water partition coefficient (Wildman–Crippen LogP) is 3.60. The Morgan fingerprint density at radius 2 is 2.10 bits per heavy atom. The van der Waals surface area contributed by atoms with Gasteiger partial charge in [-0.05, 0) is 51.4 Å². The summed E-state index contributed by atoms with van der Waals surface area (Å²) in [4.78, 5) is 2.49. The average Bonchev–Trinajstić information content (AvgIpc) is 2.70. The van der Waals surface area contributed by atoms with Crippen molar-refractivity contribution in [2.75, 3.05) is 26.7 Å². The van der Waals surface area contributed by atoms with Gasteiger partial charge >= 0.3 is 0 Å². The molecule has 1 aromatic rings. The van der Waals surface area contributed by atoms with Crippen LogP contribution in [0.2, 0.25) is 0 Å². The van der Waals surface area contributed by atoms with E-state index >= 15 is 0 Å². The van der Waals surface area contributed by atoms with Crippen LogP contribution in [0.1, 0.15) is 44.2 Å². The molecule has 1 N–H and O–H groups in total. The zero-order valence-electron chi connectivity index (χ0n) is 12.7. The van der Waals surface area contributed by atoms with E-state index in [2.05, 4.69) is 17.1 Å². The molecular weight excluding hydrogens is 251 g/mol. The number of nitrogens with zero attached hydrogens (tertiary/aromatic N) is 1. The van der Waals surface area contributed by atoms with Crippen LogP contribution in [0.25, 0.3) is 0 Å². The minimum Gasteiger partial charge on any atom is -0.312 e. The maximum Gasteiger partial charge on any atom is 0.128 e. The molecule has 2 unspecified atom stereocenters. The summed E-state index contributed by atoms with van der Waals surface area (Å²) in [5, 5.41) is 3.27. The van der Waals surface area contributed by atoms with Gasteiger partial charge in [0.05, 0.1) is 0 Å². The Bertz CT molecular complexity index is 408. The lowest BCUT2D eigenvalue weighted by molar-refractivity contribution is 0.250. The molecule has 2 rings (SSSR count). The number of halogens is 1. The molecule has 2 atom stereocenters. The third-order valence-electron chi connectivity index (χ3n) is 4.59. The fourth-order valence-electron chi connectivity index (χ4n) is 3.18. The second-order valence-electron chi connectivity index (χ2n) is 5.87. The van der Waals surface area contributed by atoms with Crippen molar-refractivity contribution in [3.8, 4) is 0 Å². The highest BCUT2D eigenvalue weighted by Gasteiger charge is 2.20. The number of nitrogens with one attached hydrogen (secondary N) is 1. The van der Waals surface area contributed by atoms with Gasteiger partial charge in [-0.15, -0.1) is 0 Å². The molecule has 1 heterocycles. The lowest BCUT2D eigenvalue weighted by Crippen LogP contribution is -2.35. The fraction of sp³-hybridized carbons (Fsp3) is 0.647. The third kappa shape index (κ3) is 4.03. The van der Waals surface area contributed by atoms with Gasteiger partial charge in [-0.3, -0.25) is 0 Å². The fourth-order valence-corrected chi connectivity index (χ4v) is 3.18. The number of rotatable bonds is 5. The Balaban J connectivity index is 1.98. The Hall–Kier alpha value is -0.930. The summed E-state index contributed by atoms with van der Waals surface area (Å²) in [7, 11) is 1.92. The predicted molar refractivity (Wildman–Crippen MR) is 82.3 cm³/mol. The Kier molecular flexibility index (Phi) is 5.99. The maximum atomic E-state index is 13.9. The summed E-state index contributed by atoms with van der Waals surface area (Å²) in [5.74, 6) is 0.773. The molecule has 112 valence electrons. The van der Waals surface area contributed by atoms with Gasteiger partial charge in [0.2, 0.25) is 0 Å². The van der Waals surface area contributed by atoms with Crippen LogP contribution >= 0.6 is 0 Å².